The minimum Gasteiger partial charge on any atom is -0.368 e. The van der Waals surface area contributed by atoms with Crippen molar-refractivity contribution in [3.8, 4) is 0 Å². The second-order valence-electron chi connectivity index (χ2n) is 7.11. The molecule has 1 heterocycles. The molecular weight excluding hydrogens is 338 g/mol. The van der Waals surface area contributed by atoms with E-state index < -0.39 is 0 Å². The molecule has 2 amide bonds. The van der Waals surface area contributed by atoms with Gasteiger partial charge < -0.3 is 15.1 Å². The molecule has 0 saturated heterocycles. The third-order valence-corrected chi connectivity index (χ3v) is 5.09. The van der Waals surface area contributed by atoms with Crippen LogP contribution in [0.2, 0.25) is 0 Å². The number of amides is 2. The molecule has 2 aromatic carbocycles. The first-order valence-electron chi connectivity index (χ1n) is 9.35. The number of carbonyl (C=O) groups excluding carboxylic acids is 2. The van der Waals surface area contributed by atoms with Crippen molar-refractivity contribution in [3.63, 3.8) is 0 Å². The Morgan fingerprint density at radius 3 is 2.59 bits per heavy atom. The van der Waals surface area contributed by atoms with Crippen LogP contribution in [-0.2, 0) is 4.79 Å². The predicted molar refractivity (Wildman–Crippen MR) is 108 cm³/mol. The first-order valence-corrected chi connectivity index (χ1v) is 9.35. The molecule has 1 N–H and O–H groups in total. The predicted octanol–water partition coefficient (Wildman–Crippen LogP) is 3.69. The molecule has 1 saturated carbocycles. The van der Waals surface area contributed by atoms with Crippen LogP contribution in [0.5, 0.6) is 0 Å². The molecule has 5 nitrogen and oxygen atoms in total. The van der Waals surface area contributed by atoms with Gasteiger partial charge in [0.1, 0.15) is 0 Å². The topological polar surface area (TPSA) is 52.7 Å². The van der Waals surface area contributed by atoms with Crippen molar-refractivity contribution in [2.75, 3.05) is 34.8 Å². The van der Waals surface area contributed by atoms with Gasteiger partial charge in [0, 0.05) is 30.9 Å². The molecule has 2 aromatic rings. The number of fused-ring (bicyclic) bond motifs is 1. The zero-order valence-corrected chi connectivity index (χ0v) is 15.2. The fraction of sp³-hybridized carbons (Fsp3) is 0.273. The summed E-state index contributed by atoms with van der Waals surface area (Å²) >= 11 is 0. The van der Waals surface area contributed by atoms with Crippen LogP contribution in [0.1, 0.15) is 23.2 Å². The smallest absolute Gasteiger partial charge is 0.258 e. The minimum atomic E-state index is -0.293. The van der Waals surface area contributed by atoms with Crippen LogP contribution in [0.3, 0.4) is 0 Å². The molecule has 138 valence electrons. The Bertz CT molecular complexity index is 889. The van der Waals surface area contributed by atoms with Gasteiger partial charge in [-0.25, -0.2) is 0 Å². The lowest BCUT2D eigenvalue weighted by molar-refractivity contribution is -0.111. The Labute approximate surface area is 159 Å². The van der Waals surface area contributed by atoms with Crippen LogP contribution in [0, 0.1) is 5.92 Å². The zero-order chi connectivity index (χ0) is 18.8. The van der Waals surface area contributed by atoms with Gasteiger partial charge in [-0.1, -0.05) is 24.8 Å². The SMILES string of the molecule is C=CC(=O)Nc1cccc(C(=O)N2CCN(CC3CC3)c3ccccc32)c1. The maximum atomic E-state index is 13.2. The van der Waals surface area contributed by atoms with E-state index in [1.54, 1.807) is 24.3 Å². The van der Waals surface area contributed by atoms with E-state index in [0.29, 0.717) is 17.8 Å². The van der Waals surface area contributed by atoms with Crippen LogP contribution in [0.15, 0.2) is 61.2 Å². The molecule has 5 heteroatoms. The summed E-state index contributed by atoms with van der Waals surface area (Å²) in [5, 5.41) is 2.71. The van der Waals surface area contributed by atoms with E-state index in [4.69, 9.17) is 0 Å². The normalized spacial score (nSPS) is 15.9. The second-order valence-corrected chi connectivity index (χ2v) is 7.11. The molecule has 1 fully saturated rings. The lowest BCUT2D eigenvalue weighted by Crippen LogP contribution is -2.44. The number of para-hydroxylation sites is 2. The van der Waals surface area contributed by atoms with Crippen LogP contribution in [0.25, 0.3) is 0 Å². The highest BCUT2D eigenvalue weighted by Crippen LogP contribution is 2.37. The Balaban J connectivity index is 1.59. The summed E-state index contributed by atoms with van der Waals surface area (Å²) in [7, 11) is 0. The van der Waals surface area contributed by atoms with Crippen molar-refractivity contribution in [1.29, 1.82) is 0 Å². The van der Waals surface area contributed by atoms with Gasteiger partial charge in [0.25, 0.3) is 5.91 Å². The third-order valence-electron chi connectivity index (χ3n) is 5.09. The summed E-state index contributed by atoms with van der Waals surface area (Å²) in [6.07, 6.45) is 3.83. The van der Waals surface area contributed by atoms with Gasteiger partial charge in [-0.05, 0) is 55.2 Å². The molecule has 0 atom stereocenters. The van der Waals surface area contributed by atoms with Crippen molar-refractivity contribution in [3.05, 3.63) is 66.7 Å². The van der Waals surface area contributed by atoms with Crippen molar-refractivity contribution in [1.82, 2.24) is 0 Å². The van der Waals surface area contributed by atoms with E-state index in [2.05, 4.69) is 22.9 Å². The molecule has 0 radical (unpaired) electrons. The number of nitrogens with zero attached hydrogens (tertiary/aromatic N) is 2. The number of benzene rings is 2. The van der Waals surface area contributed by atoms with Crippen molar-refractivity contribution >= 4 is 28.9 Å². The summed E-state index contributed by atoms with van der Waals surface area (Å²) in [6, 6.07) is 15.1. The van der Waals surface area contributed by atoms with Gasteiger partial charge in [0.05, 0.1) is 11.4 Å². The van der Waals surface area contributed by atoms with E-state index in [1.165, 1.54) is 18.9 Å². The molecular formula is C22H23N3O2. The Hall–Kier alpha value is -3.08. The number of anilines is 3. The molecule has 2 aliphatic rings. The van der Waals surface area contributed by atoms with Crippen LogP contribution in [0.4, 0.5) is 17.1 Å². The van der Waals surface area contributed by atoms with Crippen LogP contribution >= 0.6 is 0 Å². The Morgan fingerprint density at radius 1 is 1.07 bits per heavy atom. The largest absolute Gasteiger partial charge is 0.368 e. The Kier molecular flexibility index (Phi) is 4.67. The van der Waals surface area contributed by atoms with Gasteiger partial charge in [-0.3, -0.25) is 9.59 Å². The molecule has 0 spiro atoms. The first-order chi connectivity index (χ1) is 13.2. The number of carbonyl (C=O) groups is 2. The number of hydrogen-bond acceptors (Lipinski definition) is 3. The van der Waals surface area contributed by atoms with Crippen molar-refractivity contribution in [2.24, 2.45) is 5.92 Å². The highest BCUT2D eigenvalue weighted by molar-refractivity contribution is 6.09. The highest BCUT2D eigenvalue weighted by atomic mass is 16.2. The minimum absolute atomic E-state index is 0.0526. The van der Waals surface area contributed by atoms with E-state index in [-0.39, 0.29) is 11.8 Å². The van der Waals surface area contributed by atoms with Gasteiger partial charge in [0.2, 0.25) is 5.91 Å². The first kappa shape index (κ1) is 17.3. The quantitative estimate of drug-likeness (QED) is 0.827. The van der Waals surface area contributed by atoms with Crippen molar-refractivity contribution < 1.29 is 9.59 Å². The summed E-state index contributed by atoms with van der Waals surface area (Å²) in [4.78, 5) is 29.0. The molecule has 0 aromatic heterocycles. The second kappa shape index (κ2) is 7.27. The van der Waals surface area contributed by atoms with E-state index >= 15 is 0 Å². The molecule has 4 rings (SSSR count). The van der Waals surface area contributed by atoms with Crippen LogP contribution < -0.4 is 15.1 Å². The zero-order valence-electron chi connectivity index (χ0n) is 15.2. The summed E-state index contributed by atoms with van der Waals surface area (Å²) in [6.45, 7) is 6.02. The summed E-state index contributed by atoms with van der Waals surface area (Å²) < 4.78 is 0. The molecule has 0 bridgehead atoms. The Morgan fingerprint density at radius 2 is 1.85 bits per heavy atom. The standard InChI is InChI=1S/C22H23N3O2/c1-2-21(26)23-18-7-5-6-17(14-18)22(27)25-13-12-24(15-16-10-11-16)19-8-3-4-9-20(19)25/h2-9,14,16H,1,10-13,15H2,(H,23,26). The summed E-state index contributed by atoms with van der Waals surface area (Å²) in [5.41, 5.74) is 3.23. The number of rotatable bonds is 5. The average molecular weight is 361 g/mol. The van der Waals surface area contributed by atoms with E-state index in [1.807, 2.05) is 23.1 Å². The van der Waals surface area contributed by atoms with Gasteiger partial charge in [0.15, 0.2) is 0 Å². The fourth-order valence-corrected chi connectivity index (χ4v) is 3.51. The average Bonchev–Trinajstić information content (AvgIpc) is 3.52. The lowest BCUT2D eigenvalue weighted by atomic mass is 10.1. The van der Waals surface area contributed by atoms with Crippen LogP contribution in [-0.4, -0.2) is 31.4 Å². The van der Waals surface area contributed by atoms with Gasteiger partial charge in [-0.2, -0.15) is 0 Å². The maximum absolute atomic E-state index is 13.2. The molecule has 27 heavy (non-hydrogen) atoms. The molecule has 1 aliphatic carbocycles. The van der Waals surface area contributed by atoms with E-state index in [9.17, 15) is 9.59 Å². The van der Waals surface area contributed by atoms with Gasteiger partial charge in [-0.15, -0.1) is 0 Å². The highest BCUT2D eigenvalue weighted by Gasteiger charge is 2.31. The fourth-order valence-electron chi connectivity index (χ4n) is 3.51. The van der Waals surface area contributed by atoms with E-state index in [0.717, 1.165) is 30.4 Å². The molecule has 0 unspecified atom stereocenters. The summed E-state index contributed by atoms with van der Waals surface area (Å²) in [5.74, 6) is 0.451. The molecule has 1 aliphatic heterocycles. The number of nitrogens with one attached hydrogen (secondary N) is 1. The maximum Gasteiger partial charge on any atom is 0.258 e. The van der Waals surface area contributed by atoms with Crippen molar-refractivity contribution in [2.45, 2.75) is 12.8 Å². The lowest BCUT2D eigenvalue weighted by Gasteiger charge is -2.38. The monoisotopic (exact) mass is 361 g/mol. The third kappa shape index (κ3) is 3.72. The van der Waals surface area contributed by atoms with Gasteiger partial charge >= 0.3 is 0 Å². The number of hydrogen-bond donors (Lipinski definition) is 1.